The third kappa shape index (κ3) is 2.46. The summed E-state index contributed by atoms with van der Waals surface area (Å²) in [5.41, 5.74) is 6.84. The highest BCUT2D eigenvalue weighted by Gasteiger charge is 2.23. The van der Waals surface area contributed by atoms with Crippen molar-refractivity contribution in [3.63, 3.8) is 0 Å². The molecule has 2 heterocycles. The van der Waals surface area contributed by atoms with E-state index in [4.69, 9.17) is 10.5 Å². The molecule has 106 valence electrons. The number of H-pyrrole nitrogens is 1. The number of ether oxygens (including phenoxy) is 1. The van der Waals surface area contributed by atoms with E-state index in [2.05, 4.69) is 20.1 Å². The number of aromatic amines is 1. The Labute approximate surface area is 118 Å². The maximum atomic E-state index is 5.92. The van der Waals surface area contributed by atoms with Crippen LogP contribution >= 0.6 is 0 Å². The largest absolute Gasteiger partial charge is 0.493 e. The quantitative estimate of drug-likeness (QED) is 0.880. The second kappa shape index (κ2) is 5.50. The molecule has 0 amide bonds. The summed E-state index contributed by atoms with van der Waals surface area (Å²) in [7, 11) is 0. The van der Waals surface area contributed by atoms with Crippen LogP contribution in [0.3, 0.4) is 0 Å². The van der Waals surface area contributed by atoms with Gasteiger partial charge in [-0.3, -0.25) is 5.10 Å². The minimum Gasteiger partial charge on any atom is -0.493 e. The van der Waals surface area contributed by atoms with Gasteiger partial charge in [0.2, 0.25) is 5.95 Å². The van der Waals surface area contributed by atoms with Gasteiger partial charge in [-0.1, -0.05) is 12.1 Å². The molecule has 1 saturated heterocycles. The highest BCUT2D eigenvalue weighted by molar-refractivity contribution is 5.64. The molecule has 3 N–H and O–H groups in total. The molecule has 1 unspecified atom stereocenters. The number of anilines is 1. The topological polar surface area (TPSA) is 80.1 Å². The summed E-state index contributed by atoms with van der Waals surface area (Å²) in [6.45, 7) is 4.31. The monoisotopic (exact) mass is 273 g/mol. The van der Waals surface area contributed by atoms with Crippen molar-refractivity contribution in [1.82, 2.24) is 15.2 Å². The van der Waals surface area contributed by atoms with Crippen molar-refractivity contribution in [1.29, 1.82) is 0 Å². The molecular formula is C14H19N5O. The molecule has 2 aromatic rings. The number of aromatic nitrogens is 3. The van der Waals surface area contributed by atoms with Crippen molar-refractivity contribution in [2.45, 2.75) is 19.4 Å². The van der Waals surface area contributed by atoms with E-state index in [1.807, 2.05) is 31.2 Å². The summed E-state index contributed by atoms with van der Waals surface area (Å²) >= 11 is 0. The zero-order valence-electron chi connectivity index (χ0n) is 11.5. The predicted molar refractivity (Wildman–Crippen MR) is 77.8 cm³/mol. The predicted octanol–water partition coefficient (Wildman–Crippen LogP) is 1.41. The van der Waals surface area contributed by atoms with Gasteiger partial charge in [-0.2, -0.15) is 4.98 Å². The van der Waals surface area contributed by atoms with Gasteiger partial charge in [0.05, 0.1) is 12.2 Å². The number of nitrogens with two attached hydrogens (primary N) is 1. The summed E-state index contributed by atoms with van der Waals surface area (Å²) in [6, 6.07) is 8.04. The number of benzene rings is 1. The fourth-order valence-corrected chi connectivity index (χ4v) is 2.43. The first-order valence-corrected chi connectivity index (χ1v) is 6.93. The second-order valence-corrected chi connectivity index (χ2v) is 4.91. The fraction of sp³-hybridized carbons (Fsp3) is 0.429. The van der Waals surface area contributed by atoms with Gasteiger partial charge in [0, 0.05) is 19.1 Å². The molecule has 1 aliphatic heterocycles. The lowest BCUT2D eigenvalue weighted by atomic mass is 10.2. The number of para-hydroxylation sites is 1. The van der Waals surface area contributed by atoms with Crippen molar-refractivity contribution < 1.29 is 4.74 Å². The Kier molecular flexibility index (Phi) is 3.56. The summed E-state index contributed by atoms with van der Waals surface area (Å²) in [4.78, 5) is 6.67. The van der Waals surface area contributed by atoms with Gasteiger partial charge in [-0.25, -0.2) is 0 Å². The number of nitrogens with zero attached hydrogens (tertiary/aromatic N) is 3. The van der Waals surface area contributed by atoms with E-state index in [1.165, 1.54) is 0 Å². The van der Waals surface area contributed by atoms with Crippen LogP contribution < -0.4 is 15.4 Å². The first kappa shape index (κ1) is 12.9. The van der Waals surface area contributed by atoms with Crippen LogP contribution in [-0.2, 0) is 0 Å². The molecule has 3 rings (SSSR count). The molecule has 6 heteroatoms. The molecule has 0 spiro atoms. The van der Waals surface area contributed by atoms with Crippen molar-refractivity contribution in [3.05, 3.63) is 24.3 Å². The van der Waals surface area contributed by atoms with Crippen LogP contribution in [0.1, 0.15) is 13.3 Å². The summed E-state index contributed by atoms with van der Waals surface area (Å²) in [5, 5.41) is 7.28. The number of nitrogens with one attached hydrogen (secondary N) is 1. The highest BCUT2D eigenvalue weighted by atomic mass is 16.5. The maximum Gasteiger partial charge on any atom is 0.245 e. The van der Waals surface area contributed by atoms with Crippen LogP contribution in [0.4, 0.5) is 5.95 Å². The van der Waals surface area contributed by atoms with E-state index in [0.717, 1.165) is 36.6 Å². The smallest absolute Gasteiger partial charge is 0.245 e. The fourth-order valence-electron chi connectivity index (χ4n) is 2.43. The average molecular weight is 273 g/mol. The molecule has 1 aromatic heterocycles. The van der Waals surface area contributed by atoms with Crippen LogP contribution in [0, 0.1) is 0 Å². The molecule has 0 bridgehead atoms. The minimum absolute atomic E-state index is 0.215. The van der Waals surface area contributed by atoms with Crippen molar-refractivity contribution in [2.75, 3.05) is 24.6 Å². The lowest BCUT2D eigenvalue weighted by Crippen LogP contribution is -2.26. The second-order valence-electron chi connectivity index (χ2n) is 4.91. The lowest BCUT2D eigenvalue weighted by molar-refractivity contribution is 0.341. The molecule has 20 heavy (non-hydrogen) atoms. The maximum absolute atomic E-state index is 5.92. The third-order valence-corrected chi connectivity index (χ3v) is 3.42. The normalized spacial score (nSPS) is 18.5. The van der Waals surface area contributed by atoms with Crippen LogP contribution in [0.25, 0.3) is 11.4 Å². The first-order valence-electron chi connectivity index (χ1n) is 6.93. The lowest BCUT2D eigenvalue weighted by Gasteiger charge is -2.11. The molecule has 1 atom stereocenters. The standard InChI is InChI=1S/C14H19N5O/c1-2-20-12-6-4-3-5-11(12)13-16-14(18-17-13)19-8-7-10(15)9-19/h3-6,10H,2,7-9,15H2,1H3,(H,16,17,18). The van der Waals surface area contributed by atoms with Gasteiger partial charge in [0.25, 0.3) is 0 Å². The number of rotatable bonds is 4. The van der Waals surface area contributed by atoms with E-state index in [-0.39, 0.29) is 6.04 Å². The van der Waals surface area contributed by atoms with Gasteiger partial charge in [-0.05, 0) is 25.5 Å². The Balaban J connectivity index is 1.86. The molecular weight excluding hydrogens is 254 g/mol. The van der Waals surface area contributed by atoms with Crippen molar-refractivity contribution >= 4 is 5.95 Å². The van der Waals surface area contributed by atoms with Crippen molar-refractivity contribution in [3.8, 4) is 17.1 Å². The first-order chi connectivity index (χ1) is 9.78. The summed E-state index contributed by atoms with van der Waals surface area (Å²) < 4.78 is 5.62. The van der Waals surface area contributed by atoms with Gasteiger partial charge in [-0.15, -0.1) is 5.10 Å². The Hall–Kier alpha value is -2.08. The Morgan fingerprint density at radius 3 is 3.05 bits per heavy atom. The average Bonchev–Trinajstić information content (AvgIpc) is 3.08. The van der Waals surface area contributed by atoms with Crippen molar-refractivity contribution in [2.24, 2.45) is 5.73 Å². The van der Waals surface area contributed by atoms with Crippen LogP contribution in [0.2, 0.25) is 0 Å². The number of hydrogen-bond donors (Lipinski definition) is 2. The molecule has 1 aliphatic rings. The van der Waals surface area contributed by atoms with Gasteiger partial charge < -0.3 is 15.4 Å². The van der Waals surface area contributed by atoms with Crippen LogP contribution in [0.15, 0.2) is 24.3 Å². The number of hydrogen-bond acceptors (Lipinski definition) is 5. The van der Waals surface area contributed by atoms with E-state index < -0.39 is 0 Å². The molecule has 1 fully saturated rings. The van der Waals surface area contributed by atoms with E-state index in [1.54, 1.807) is 0 Å². The van der Waals surface area contributed by atoms with Crippen LogP contribution in [0.5, 0.6) is 5.75 Å². The zero-order valence-corrected chi connectivity index (χ0v) is 11.5. The summed E-state index contributed by atoms with van der Waals surface area (Å²) in [6.07, 6.45) is 0.986. The minimum atomic E-state index is 0.215. The third-order valence-electron chi connectivity index (χ3n) is 3.42. The Morgan fingerprint density at radius 1 is 1.45 bits per heavy atom. The van der Waals surface area contributed by atoms with E-state index in [9.17, 15) is 0 Å². The molecule has 0 saturated carbocycles. The molecule has 0 aliphatic carbocycles. The summed E-state index contributed by atoms with van der Waals surface area (Å²) in [5.74, 6) is 2.25. The molecule has 1 aromatic carbocycles. The van der Waals surface area contributed by atoms with Gasteiger partial charge >= 0.3 is 0 Å². The van der Waals surface area contributed by atoms with E-state index in [0.29, 0.717) is 12.6 Å². The highest BCUT2D eigenvalue weighted by Crippen LogP contribution is 2.28. The SMILES string of the molecule is CCOc1ccccc1-c1nc(N2CCC(N)C2)n[nH]1. The van der Waals surface area contributed by atoms with Crippen LogP contribution in [-0.4, -0.2) is 40.9 Å². The molecule has 6 nitrogen and oxygen atoms in total. The van der Waals surface area contributed by atoms with Gasteiger partial charge in [0.1, 0.15) is 5.75 Å². The van der Waals surface area contributed by atoms with E-state index >= 15 is 0 Å². The Bertz CT molecular complexity index is 582. The zero-order chi connectivity index (χ0) is 13.9. The molecule has 0 radical (unpaired) electrons. The van der Waals surface area contributed by atoms with Gasteiger partial charge in [0.15, 0.2) is 5.82 Å². The Morgan fingerprint density at radius 2 is 2.30 bits per heavy atom.